The molecule has 1 fully saturated rings. The Bertz CT molecular complexity index is 1220. The maximum absolute atomic E-state index is 13.0. The van der Waals surface area contributed by atoms with E-state index in [-0.39, 0.29) is 12.0 Å². The standard InChI is InChI=1S/C32H41N3O2/c1-5-6-15-28-29(30(33)37)24(3)26(21-25-13-8-7-9-14-25)31(34-19-17-32(4,22-36)18-20-34)35(28)27-16-11-10-12-23(27)2/h7-16,36H,5-6,17-22H2,1-4H3,(H2,33,37)/b28-15+. The van der Waals surface area contributed by atoms with Crippen LogP contribution in [0.3, 0.4) is 0 Å². The summed E-state index contributed by atoms with van der Waals surface area (Å²) in [5.74, 6) is 0.734. The quantitative estimate of drug-likeness (QED) is 0.478. The summed E-state index contributed by atoms with van der Waals surface area (Å²) >= 11 is 0. The van der Waals surface area contributed by atoms with E-state index in [0.717, 1.165) is 72.7 Å². The third kappa shape index (κ3) is 5.52. The number of aryl methyl sites for hydroxylation is 1. The minimum Gasteiger partial charge on any atom is -0.396 e. The monoisotopic (exact) mass is 499 g/mol. The lowest BCUT2D eigenvalue weighted by Crippen LogP contribution is -2.47. The number of likely N-dealkylation sites (tertiary alicyclic amines) is 1. The Morgan fingerprint density at radius 1 is 1.05 bits per heavy atom. The summed E-state index contributed by atoms with van der Waals surface area (Å²) < 4.78 is 0. The van der Waals surface area contributed by atoms with Crippen LogP contribution in [0, 0.1) is 12.3 Å². The molecule has 37 heavy (non-hydrogen) atoms. The first-order chi connectivity index (χ1) is 17.8. The number of hydrogen-bond acceptors (Lipinski definition) is 4. The molecule has 0 radical (unpaired) electrons. The van der Waals surface area contributed by atoms with Gasteiger partial charge in [0.1, 0.15) is 5.82 Å². The maximum atomic E-state index is 13.0. The minimum absolute atomic E-state index is 0.0665. The van der Waals surface area contributed by atoms with E-state index in [9.17, 15) is 9.90 Å². The van der Waals surface area contributed by atoms with Gasteiger partial charge in [0.15, 0.2) is 0 Å². The zero-order valence-corrected chi connectivity index (χ0v) is 22.8. The summed E-state index contributed by atoms with van der Waals surface area (Å²) in [6.07, 6.45) is 6.53. The maximum Gasteiger partial charge on any atom is 0.251 e. The summed E-state index contributed by atoms with van der Waals surface area (Å²) in [5.41, 5.74) is 13.0. The molecule has 5 nitrogen and oxygen atoms in total. The zero-order valence-electron chi connectivity index (χ0n) is 22.8. The number of nitrogens with zero attached hydrogens (tertiary/aromatic N) is 2. The van der Waals surface area contributed by atoms with Gasteiger partial charge in [-0.1, -0.05) is 74.9 Å². The SMILES string of the molecule is CCC/C=C1\C(C(N)=O)=C(C)C(Cc2ccccc2)=C(N2CCC(C)(CO)CC2)N1c1ccccc1C. The van der Waals surface area contributed by atoms with Crippen molar-refractivity contribution in [3.05, 3.63) is 100 Å². The van der Waals surface area contributed by atoms with Crippen LogP contribution in [0.5, 0.6) is 0 Å². The second-order valence-corrected chi connectivity index (χ2v) is 10.8. The minimum atomic E-state index is -0.394. The van der Waals surface area contributed by atoms with Gasteiger partial charge in [-0.2, -0.15) is 0 Å². The van der Waals surface area contributed by atoms with Crippen molar-refractivity contribution >= 4 is 11.6 Å². The van der Waals surface area contributed by atoms with Gasteiger partial charge in [-0.25, -0.2) is 0 Å². The lowest BCUT2D eigenvalue weighted by molar-refractivity contribution is -0.114. The Balaban J connectivity index is 1.99. The van der Waals surface area contributed by atoms with Crippen LogP contribution in [0.2, 0.25) is 0 Å². The highest BCUT2D eigenvalue weighted by molar-refractivity contribution is 6.01. The fraction of sp³-hybridized carbons (Fsp3) is 0.406. The molecule has 1 amide bonds. The van der Waals surface area contributed by atoms with Crippen LogP contribution in [0.4, 0.5) is 5.69 Å². The van der Waals surface area contributed by atoms with Crippen LogP contribution in [0.1, 0.15) is 57.6 Å². The topological polar surface area (TPSA) is 69.8 Å². The van der Waals surface area contributed by atoms with E-state index in [2.05, 4.69) is 92.1 Å². The highest BCUT2D eigenvalue weighted by Crippen LogP contribution is 2.44. The average molecular weight is 500 g/mol. The summed E-state index contributed by atoms with van der Waals surface area (Å²) in [6.45, 7) is 10.4. The zero-order chi connectivity index (χ0) is 26.6. The first kappa shape index (κ1) is 26.7. The third-order valence-corrected chi connectivity index (χ3v) is 7.91. The van der Waals surface area contributed by atoms with Gasteiger partial charge >= 0.3 is 0 Å². The van der Waals surface area contributed by atoms with Crippen molar-refractivity contribution in [2.75, 3.05) is 24.6 Å². The van der Waals surface area contributed by atoms with E-state index >= 15 is 0 Å². The van der Waals surface area contributed by atoms with Crippen molar-refractivity contribution in [2.24, 2.45) is 11.1 Å². The van der Waals surface area contributed by atoms with Crippen LogP contribution >= 0.6 is 0 Å². The number of anilines is 1. The molecular weight excluding hydrogens is 458 g/mol. The largest absolute Gasteiger partial charge is 0.396 e. The number of unbranched alkanes of at least 4 members (excludes halogenated alkanes) is 1. The van der Waals surface area contributed by atoms with Crippen molar-refractivity contribution in [1.82, 2.24) is 4.90 Å². The normalized spacial score (nSPS) is 19.1. The van der Waals surface area contributed by atoms with E-state index in [1.807, 2.05) is 6.07 Å². The number of amides is 1. The summed E-state index contributed by atoms with van der Waals surface area (Å²) in [6, 6.07) is 18.8. The van der Waals surface area contributed by atoms with E-state index in [1.165, 1.54) is 5.56 Å². The molecule has 4 rings (SSSR count). The van der Waals surface area contributed by atoms with Crippen molar-refractivity contribution in [3.8, 4) is 0 Å². The predicted molar refractivity (Wildman–Crippen MR) is 152 cm³/mol. The number of aliphatic hydroxyl groups excluding tert-OH is 1. The number of para-hydroxylation sites is 1. The van der Waals surface area contributed by atoms with Crippen LogP contribution in [-0.4, -0.2) is 35.6 Å². The number of carbonyl (C=O) groups excluding carboxylic acids is 1. The lowest BCUT2D eigenvalue weighted by Gasteiger charge is -2.47. The number of aliphatic hydroxyl groups is 1. The molecule has 196 valence electrons. The van der Waals surface area contributed by atoms with Gasteiger partial charge in [0.05, 0.1) is 17.0 Å². The van der Waals surface area contributed by atoms with Crippen molar-refractivity contribution in [3.63, 3.8) is 0 Å². The Hall–Kier alpha value is -3.31. The molecule has 0 aromatic heterocycles. The van der Waals surface area contributed by atoms with Gasteiger partial charge in [0, 0.05) is 31.7 Å². The molecule has 0 bridgehead atoms. The Kier molecular flexibility index (Phi) is 8.23. The van der Waals surface area contributed by atoms with Gasteiger partial charge in [0.2, 0.25) is 0 Å². The van der Waals surface area contributed by atoms with E-state index in [4.69, 9.17) is 5.73 Å². The molecule has 2 aromatic carbocycles. The smallest absolute Gasteiger partial charge is 0.251 e. The fourth-order valence-corrected chi connectivity index (χ4v) is 5.48. The van der Waals surface area contributed by atoms with Gasteiger partial charge in [-0.05, 0) is 61.3 Å². The number of rotatable bonds is 8. The average Bonchev–Trinajstić information content (AvgIpc) is 2.90. The highest BCUT2D eigenvalue weighted by atomic mass is 16.3. The Labute approximate surface area is 222 Å². The second-order valence-electron chi connectivity index (χ2n) is 10.8. The molecule has 3 N–H and O–H groups in total. The molecule has 1 saturated heterocycles. The Morgan fingerprint density at radius 2 is 1.70 bits per heavy atom. The van der Waals surface area contributed by atoms with Crippen LogP contribution < -0.4 is 10.6 Å². The van der Waals surface area contributed by atoms with Crippen molar-refractivity contribution in [1.29, 1.82) is 0 Å². The van der Waals surface area contributed by atoms with Crippen molar-refractivity contribution < 1.29 is 9.90 Å². The van der Waals surface area contributed by atoms with Crippen LogP contribution in [0.15, 0.2) is 88.9 Å². The third-order valence-electron chi connectivity index (χ3n) is 7.91. The Morgan fingerprint density at radius 3 is 2.30 bits per heavy atom. The first-order valence-corrected chi connectivity index (χ1v) is 13.5. The predicted octanol–water partition coefficient (Wildman–Crippen LogP) is 5.85. The number of piperidine rings is 1. The highest BCUT2D eigenvalue weighted by Gasteiger charge is 2.38. The molecule has 0 saturated carbocycles. The first-order valence-electron chi connectivity index (χ1n) is 13.5. The number of carbonyl (C=O) groups is 1. The fourth-order valence-electron chi connectivity index (χ4n) is 5.48. The van der Waals surface area contributed by atoms with E-state index < -0.39 is 5.91 Å². The number of allylic oxidation sites excluding steroid dienone is 3. The summed E-state index contributed by atoms with van der Waals surface area (Å²) in [7, 11) is 0. The summed E-state index contributed by atoms with van der Waals surface area (Å²) in [5, 5.41) is 10.0. The molecule has 5 heteroatoms. The number of primary amides is 1. The van der Waals surface area contributed by atoms with E-state index in [1.54, 1.807) is 0 Å². The number of hydrogen-bond donors (Lipinski definition) is 2. The number of benzene rings is 2. The molecule has 2 aliphatic rings. The molecular formula is C32H41N3O2. The number of nitrogens with two attached hydrogens (primary N) is 1. The lowest BCUT2D eigenvalue weighted by atomic mass is 9.80. The van der Waals surface area contributed by atoms with Gasteiger partial charge in [-0.3, -0.25) is 9.69 Å². The van der Waals surface area contributed by atoms with Gasteiger partial charge in [-0.15, -0.1) is 0 Å². The van der Waals surface area contributed by atoms with Gasteiger partial charge in [0.25, 0.3) is 5.91 Å². The van der Waals surface area contributed by atoms with Gasteiger partial charge < -0.3 is 15.7 Å². The molecule has 0 unspecified atom stereocenters. The molecule has 0 spiro atoms. The van der Waals surface area contributed by atoms with Crippen LogP contribution in [-0.2, 0) is 11.2 Å². The van der Waals surface area contributed by atoms with Crippen molar-refractivity contribution in [2.45, 2.75) is 59.8 Å². The van der Waals surface area contributed by atoms with Crippen LogP contribution in [0.25, 0.3) is 0 Å². The molecule has 2 heterocycles. The second kappa shape index (κ2) is 11.4. The molecule has 2 aromatic rings. The van der Waals surface area contributed by atoms with E-state index in [0.29, 0.717) is 12.0 Å². The summed E-state index contributed by atoms with van der Waals surface area (Å²) in [4.78, 5) is 17.8. The molecule has 2 aliphatic heterocycles. The molecule has 0 aliphatic carbocycles. The molecule has 0 atom stereocenters.